The van der Waals surface area contributed by atoms with E-state index in [4.69, 9.17) is 0 Å². The van der Waals surface area contributed by atoms with Crippen molar-refractivity contribution in [2.45, 2.75) is 39.4 Å². The molecule has 0 aliphatic rings. The van der Waals surface area contributed by atoms with Crippen LogP contribution in [0.3, 0.4) is 0 Å². The summed E-state index contributed by atoms with van der Waals surface area (Å²) in [6.45, 7) is 10.1. The van der Waals surface area contributed by atoms with Crippen molar-refractivity contribution in [2.75, 3.05) is 20.1 Å². The molecule has 1 atom stereocenters. The fourth-order valence-corrected chi connectivity index (χ4v) is 1.45. The van der Waals surface area contributed by atoms with E-state index in [1.54, 1.807) is 0 Å². The molecule has 3 nitrogen and oxygen atoms in total. The number of carbonyl (C=O) groups is 1. The van der Waals surface area contributed by atoms with Gasteiger partial charge in [0.15, 0.2) is 5.81 Å². The third kappa shape index (κ3) is 8.49. The highest BCUT2D eigenvalue weighted by Gasteiger charge is 2.18. The molecule has 0 aromatic heterocycles. The molecule has 4 heteroatoms. The number of hydrogen-bond acceptors (Lipinski definition) is 2. The Balaban J connectivity index is 3.78. The summed E-state index contributed by atoms with van der Waals surface area (Å²) in [4.78, 5) is 11.6. The second-order valence-electron chi connectivity index (χ2n) is 5.37. The molecule has 0 aromatic rings. The highest BCUT2D eigenvalue weighted by Crippen LogP contribution is 2.19. The van der Waals surface area contributed by atoms with Crippen LogP contribution < -0.4 is 10.6 Å². The zero-order valence-corrected chi connectivity index (χ0v) is 10.8. The van der Waals surface area contributed by atoms with E-state index in [0.29, 0.717) is 13.2 Å². The predicted molar refractivity (Wildman–Crippen MR) is 68.0 cm³/mol. The zero-order chi connectivity index (χ0) is 11.9. The summed E-state index contributed by atoms with van der Waals surface area (Å²) in [6, 6.07) is 0. The number of amides is 1. The molecular weight excluding hydrogens is 187 g/mol. The van der Waals surface area contributed by atoms with Gasteiger partial charge in [0.1, 0.15) is 0 Å². The molecule has 0 bridgehead atoms. The van der Waals surface area contributed by atoms with E-state index in [1.807, 2.05) is 7.05 Å². The van der Waals surface area contributed by atoms with Gasteiger partial charge in [-0.1, -0.05) is 39.4 Å². The van der Waals surface area contributed by atoms with Crippen LogP contribution >= 0.6 is 0 Å². The molecule has 2 N–H and O–H groups in total. The number of carbonyl (C=O) groups excluding carboxylic acids is 1. The van der Waals surface area contributed by atoms with Gasteiger partial charge in [-0.2, -0.15) is 0 Å². The van der Waals surface area contributed by atoms with Gasteiger partial charge in [0.2, 0.25) is 7.28 Å². The Morgan fingerprint density at radius 1 is 1.33 bits per heavy atom. The molecule has 0 aromatic carbocycles. The van der Waals surface area contributed by atoms with Crippen LogP contribution in [-0.4, -0.2) is 33.2 Å². The maximum Gasteiger partial charge on any atom is 0.239 e. The predicted octanol–water partition coefficient (Wildman–Crippen LogP) is 1.60. The Morgan fingerprint density at radius 2 is 1.93 bits per heavy atom. The topological polar surface area (TPSA) is 41.1 Å². The molecule has 0 spiro atoms. The summed E-state index contributed by atoms with van der Waals surface area (Å²) < 4.78 is 0. The third-order valence-electron chi connectivity index (χ3n) is 2.35. The van der Waals surface area contributed by atoms with Crippen molar-refractivity contribution in [2.24, 2.45) is 5.92 Å². The fraction of sp³-hybridized carbons (Fsp3) is 0.909. The van der Waals surface area contributed by atoms with E-state index in [-0.39, 0.29) is 11.1 Å². The maximum atomic E-state index is 11.6. The standard InChI is InChI=1S/C11H25BN2O/c1-6-9(7-13-5)8-14-10(15)12-11(2,3)4/h9,12-13H,6-8H2,1-5H3,(H,14,15). The van der Waals surface area contributed by atoms with Crippen molar-refractivity contribution in [1.82, 2.24) is 10.6 Å². The van der Waals surface area contributed by atoms with Crippen LogP contribution in [0.4, 0.5) is 4.79 Å². The maximum absolute atomic E-state index is 11.6. The second kappa shape index (κ2) is 6.88. The Labute approximate surface area is 94.6 Å². The molecule has 0 saturated heterocycles. The van der Waals surface area contributed by atoms with Gasteiger partial charge in [-0.05, 0) is 19.5 Å². The van der Waals surface area contributed by atoms with Gasteiger partial charge in [-0.15, -0.1) is 0 Å². The third-order valence-corrected chi connectivity index (χ3v) is 2.35. The van der Waals surface area contributed by atoms with Gasteiger partial charge in [0, 0.05) is 6.54 Å². The lowest BCUT2D eigenvalue weighted by Crippen LogP contribution is -2.37. The Hall–Kier alpha value is -0.505. The minimum absolute atomic E-state index is 0.0782. The van der Waals surface area contributed by atoms with Crippen molar-refractivity contribution in [3.8, 4) is 0 Å². The van der Waals surface area contributed by atoms with E-state index in [2.05, 4.69) is 38.3 Å². The number of hydrogen-bond donors (Lipinski definition) is 2. The Morgan fingerprint density at radius 3 is 2.33 bits per heavy atom. The average Bonchev–Trinajstić information content (AvgIpc) is 2.09. The molecule has 88 valence electrons. The summed E-state index contributed by atoms with van der Waals surface area (Å²) in [5.41, 5.74) is 0. The minimum atomic E-state index is 0.0782. The first kappa shape index (κ1) is 14.5. The van der Waals surface area contributed by atoms with Crippen LogP contribution in [0, 0.1) is 5.92 Å². The fourth-order valence-electron chi connectivity index (χ4n) is 1.45. The average molecular weight is 212 g/mol. The zero-order valence-electron chi connectivity index (χ0n) is 10.8. The largest absolute Gasteiger partial charge is 0.365 e. The SMILES string of the molecule is CCC(CNC)CNC(=O)BC(C)(C)C. The van der Waals surface area contributed by atoms with E-state index in [9.17, 15) is 4.79 Å². The molecule has 0 radical (unpaired) electrons. The first-order valence-electron chi connectivity index (χ1n) is 5.80. The molecule has 15 heavy (non-hydrogen) atoms. The highest BCUT2D eigenvalue weighted by molar-refractivity contribution is 6.75. The molecule has 1 amide bonds. The van der Waals surface area contributed by atoms with E-state index < -0.39 is 0 Å². The van der Waals surface area contributed by atoms with Gasteiger partial charge >= 0.3 is 0 Å². The molecule has 0 saturated carbocycles. The smallest absolute Gasteiger partial charge is 0.239 e. The van der Waals surface area contributed by atoms with Crippen molar-refractivity contribution in [1.29, 1.82) is 0 Å². The second-order valence-corrected chi connectivity index (χ2v) is 5.37. The summed E-state index contributed by atoms with van der Waals surface area (Å²) in [5, 5.41) is 6.21. The van der Waals surface area contributed by atoms with E-state index in [0.717, 1.165) is 19.5 Å². The molecule has 0 rings (SSSR count). The summed E-state index contributed by atoms with van der Waals surface area (Å²) in [7, 11) is 2.54. The van der Waals surface area contributed by atoms with Crippen molar-refractivity contribution in [3.63, 3.8) is 0 Å². The summed E-state index contributed by atoms with van der Waals surface area (Å²) in [6.07, 6.45) is 1.09. The Kier molecular flexibility index (Phi) is 6.65. The van der Waals surface area contributed by atoms with Crippen molar-refractivity contribution >= 4 is 13.1 Å². The van der Waals surface area contributed by atoms with Crippen LogP contribution in [0.2, 0.25) is 5.31 Å². The van der Waals surface area contributed by atoms with Crippen molar-refractivity contribution < 1.29 is 4.79 Å². The summed E-state index contributed by atoms with van der Waals surface area (Å²) in [5.74, 6) is 0.705. The lowest BCUT2D eigenvalue weighted by atomic mass is 9.55. The van der Waals surface area contributed by atoms with Crippen LogP contribution in [0.15, 0.2) is 0 Å². The van der Waals surface area contributed by atoms with Crippen LogP contribution in [0.25, 0.3) is 0 Å². The van der Waals surface area contributed by atoms with E-state index in [1.165, 1.54) is 0 Å². The van der Waals surface area contributed by atoms with Gasteiger partial charge in [0.25, 0.3) is 0 Å². The molecular formula is C11H25BN2O. The van der Waals surface area contributed by atoms with Crippen LogP contribution in [-0.2, 0) is 0 Å². The van der Waals surface area contributed by atoms with Crippen molar-refractivity contribution in [3.05, 3.63) is 0 Å². The van der Waals surface area contributed by atoms with Gasteiger partial charge in [-0.3, -0.25) is 4.79 Å². The lowest BCUT2D eigenvalue weighted by molar-refractivity contribution is 0.256. The number of rotatable bonds is 6. The van der Waals surface area contributed by atoms with Gasteiger partial charge in [-0.25, -0.2) is 0 Å². The normalized spacial score (nSPS) is 13.4. The molecule has 1 unspecified atom stereocenters. The molecule has 0 fully saturated rings. The van der Waals surface area contributed by atoms with E-state index >= 15 is 0 Å². The lowest BCUT2D eigenvalue weighted by Gasteiger charge is -2.18. The van der Waals surface area contributed by atoms with Gasteiger partial charge < -0.3 is 10.6 Å². The molecule has 0 aliphatic heterocycles. The Bertz CT molecular complexity index is 190. The summed E-state index contributed by atoms with van der Waals surface area (Å²) >= 11 is 0. The minimum Gasteiger partial charge on any atom is -0.365 e. The molecule has 0 heterocycles. The van der Waals surface area contributed by atoms with Crippen LogP contribution in [0.1, 0.15) is 34.1 Å². The first-order valence-corrected chi connectivity index (χ1v) is 5.80. The van der Waals surface area contributed by atoms with Gasteiger partial charge in [0.05, 0.1) is 0 Å². The first-order chi connectivity index (χ1) is 6.89. The quantitative estimate of drug-likeness (QED) is 0.656. The monoisotopic (exact) mass is 212 g/mol. The molecule has 0 aliphatic carbocycles. The van der Waals surface area contributed by atoms with Crippen LogP contribution in [0.5, 0.6) is 0 Å². The number of nitrogens with one attached hydrogen (secondary N) is 2. The highest BCUT2D eigenvalue weighted by atomic mass is 16.1.